The summed E-state index contributed by atoms with van der Waals surface area (Å²) in [6, 6.07) is 4.00. The number of ether oxygens (including phenoxy) is 2. The predicted molar refractivity (Wildman–Crippen MR) is 57.0 cm³/mol. The van der Waals surface area contributed by atoms with Crippen LogP contribution in [0.25, 0.3) is 0 Å². The normalized spacial score (nSPS) is 24.4. The molecule has 1 aliphatic rings. The Bertz CT molecular complexity index is 307. The quantitative estimate of drug-likeness (QED) is 0.811. The molecule has 0 spiro atoms. The van der Waals surface area contributed by atoms with E-state index in [1.807, 2.05) is 19.1 Å². The largest absolute Gasteiger partial charge is 0.492 e. The summed E-state index contributed by atoms with van der Waals surface area (Å²) in [6.45, 7) is 2.60. The molecule has 1 fully saturated rings. The van der Waals surface area contributed by atoms with Gasteiger partial charge in [-0.05, 0) is 25.8 Å². The Balaban J connectivity index is 1.87. The van der Waals surface area contributed by atoms with E-state index in [9.17, 15) is 0 Å². The highest BCUT2D eigenvalue weighted by atomic mass is 16.5. The van der Waals surface area contributed by atoms with Crippen LogP contribution in [0, 0.1) is 0 Å². The summed E-state index contributed by atoms with van der Waals surface area (Å²) in [7, 11) is 0. The Hall–Kier alpha value is -1.29. The Morgan fingerprint density at radius 2 is 2.27 bits per heavy atom. The molecule has 1 saturated carbocycles. The van der Waals surface area contributed by atoms with E-state index in [-0.39, 0.29) is 6.10 Å². The topological polar surface area (TPSA) is 57.4 Å². The van der Waals surface area contributed by atoms with Crippen LogP contribution < -0.4 is 15.2 Å². The molecule has 0 saturated heterocycles. The molecule has 0 aliphatic heterocycles. The SMILES string of the molecule is CCOc1ccc(O[C@H]2C[C@@H](N)C2)nc1. The van der Waals surface area contributed by atoms with Crippen molar-refractivity contribution in [2.75, 3.05) is 6.61 Å². The van der Waals surface area contributed by atoms with E-state index in [0.29, 0.717) is 18.5 Å². The fraction of sp³-hybridized carbons (Fsp3) is 0.545. The van der Waals surface area contributed by atoms with E-state index in [0.717, 1.165) is 18.6 Å². The molecule has 4 heteroatoms. The first-order chi connectivity index (χ1) is 7.28. The van der Waals surface area contributed by atoms with Gasteiger partial charge in [0.15, 0.2) is 0 Å². The molecule has 2 rings (SSSR count). The average molecular weight is 208 g/mol. The van der Waals surface area contributed by atoms with Gasteiger partial charge >= 0.3 is 0 Å². The number of aromatic nitrogens is 1. The summed E-state index contributed by atoms with van der Waals surface area (Å²) in [5.74, 6) is 1.42. The minimum atomic E-state index is 0.241. The monoisotopic (exact) mass is 208 g/mol. The molecule has 0 bridgehead atoms. The molecule has 15 heavy (non-hydrogen) atoms. The van der Waals surface area contributed by atoms with Gasteiger partial charge in [0.05, 0.1) is 12.8 Å². The molecule has 0 amide bonds. The maximum absolute atomic E-state index is 5.67. The molecule has 1 heterocycles. The third-order valence-corrected chi connectivity index (χ3v) is 2.44. The lowest BCUT2D eigenvalue weighted by molar-refractivity contribution is 0.0957. The van der Waals surface area contributed by atoms with Crippen molar-refractivity contribution in [2.24, 2.45) is 5.73 Å². The lowest BCUT2D eigenvalue weighted by atomic mass is 9.90. The minimum Gasteiger partial charge on any atom is -0.492 e. The molecule has 82 valence electrons. The lowest BCUT2D eigenvalue weighted by Gasteiger charge is -2.32. The van der Waals surface area contributed by atoms with Crippen molar-refractivity contribution in [3.8, 4) is 11.6 Å². The second kappa shape index (κ2) is 4.49. The van der Waals surface area contributed by atoms with E-state index in [4.69, 9.17) is 15.2 Å². The van der Waals surface area contributed by atoms with Gasteiger partial charge in [-0.1, -0.05) is 0 Å². The first-order valence-electron chi connectivity index (χ1n) is 5.29. The lowest BCUT2D eigenvalue weighted by Crippen LogP contribution is -2.43. The van der Waals surface area contributed by atoms with Gasteiger partial charge in [0.25, 0.3) is 0 Å². The van der Waals surface area contributed by atoms with Gasteiger partial charge in [0, 0.05) is 12.1 Å². The second-order valence-electron chi connectivity index (χ2n) is 3.74. The van der Waals surface area contributed by atoms with Gasteiger partial charge in [-0.15, -0.1) is 0 Å². The van der Waals surface area contributed by atoms with Gasteiger partial charge in [-0.25, -0.2) is 4.98 Å². The molecule has 0 radical (unpaired) electrons. The zero-order valence-corrected chi connectivity index (χ0v) is 8.85. The zero-order valence-electron chi connectivity index (χ0n) is 8.85. The van der Waals surface area contributed by atoms with Crippen LogP contribution in [0.2, 0.25) is 0 Å². The molecule has 4 nitrogen and oxygen atoms in total. The zero-order chi connectivity index (χ0) is 10.7. The molecule has 0 aromatic carbocycles. The summed E-state index contributed by atoms with van der Waals surface area (Å²) in [5, 5.41) is 0. The maximum atomic E-state index is 5.67. The molecule has 1 aromatic rings. The van der Waals surface area contributed by atoms with Crippen molar-refractivity contribution in [3.05, 3.63) is 18.3 Å². The van der Waals surface area contributed by atoms with Crippen LogP contribution in [0.1, 0.15) is 19.8 Å². The van der Waals surface area contributed by atoms with E-state index in [1.165, 1.54) is 0 Å². The number of nitrogens with zero attached hydrogens (tertiary/aromatic N) is 1. The maximum Gasteiger partial charge on any atom is 0.213 e. The molecule has 1 aromatic heterocycles. The van der Waals surface area contributed by atoms with Crippen molar-refractivity contribution >= 4 is 0 Å². The van der Waals surface area contributed by atoms with Crippen LogP contribution in [-0.2, 0) is 0 Å². The molecular formula is C11H16N2O2. The summed E-state index contributed by atoms with van der Waals surface area (Å²) >= 11 is 0. The van der Waals surface area contributed by atoms with Gasteiger partial charge in [-0.2, -0.15) is 0 Å². The molecule has 0 unspecified atom stereocenters. The number of rotatable bonds is 4. The Labute approximate surface area is 89.4 Å². The standard InChI is InChI=1S/C11H16N2O2/c1-2-14-9-3-4-11(13-7-9)15-10-5-8(12)6-10/h3-4,7-8,10H,2,5-6,12H2,1H3/t8-,10+. The Kier molecular flexibility index (Phi) is 3.06. The van der Waals surface area contributed by atoms with E-state index in [1.54, 1.807) is 6.20 Å². The highest BCUT2D eigenvalue weighted by molar-refractivity contribution is 5.23. The third-order valence-electron chi connectivity index (χ3n) is 2.44. The molecular weight excluding hydrogens is 192 g/mol. The summed E-state index contributed by atoms with van der Waals surface area (Å²) in [6.07, 6.45) is 3.77. The smallest absolute Gasteiger partial charge is 0.213 e. The summed E-state index contributed by atoms with van der Waals surface area (Å²) in [4.78, 5) is 4.16. The van der Waals surface area contributed by atoms with Gasteiger partial charge in [0.2, 0.25) is 5.88 Å². The van der Waals surface area contributed by atoms with E-state index in [2.05, 4.69) is 4.98 Å². The predicted octanol–water partition coefficient (Wildman–Crippen LogP) is 1.35. The van der Waals surface area contributed by atoms with Crippen molar-refractivity contribution in [3.63, 3.8) is 0 Å². The Morgan fingerprint density at radius 3 is 2.80 bits per heavy atom. The van der Waals surface area contributed by atoms with Crippen molar-refractivity contribution in [1.82, 2.24) is 4.98 Å². The van der Waals surface area contributed by atoms with Gasteiger partial charge in [-0.3, -0.25) is 0 Å². The first kappa shape index (κ1) is 10.2. The third kappa shape index (κ3) is 2.59. The summed E-state index contributed by atoms with van der Waals surface area (Å²) in [5.41, 5.74) is 5.67. The Morgan fingerprint density at radius 1 is 1.47 bits per heavy atom. The number of hydrogen-bond acceptors (Lipinski definition) is 4. The molecule has 2 N–H and O–H groups in total. The van der Waals surface area contributed by atoms with Crippen molar-refractivity contribution in [1.29, 1.82) is 0 Å². The number of nitrogens with two attached hydrogens (primary N) is 1. The van der Waals surface area contributed by atoms with Crippen LogP contribution in [-0.4, -0.2) is 23.7 Å². The fourth-order valence-electron chi connectivity index (χ4n) is 1.56. The van der Waals surface area contributed by atoms with Crippen LogP contribution in [0.15, 0.2) is 18.3 Å². The van der Waals surface area contributed by atoms with Crippen molar-refractivity contribution < 1.29 is 9.47 Å². The van der Waals surface area contributed by atoms with Gasteiger partial charge in [0.1, 0.15) is 11.9 Å². The van der Waals surface area contributed by atoms with Crippen molar-refractivity contribution in [2.45, 2.75) is 31.9 Å². The highest BCUT2D eigenvalue weighted by Crippen LogP contribution is 2.24. The van der Waals surface area contributed by atoms with E-state index < -0.39 is 0 Å². The van der Waals surface area contributed by atoms with Crippen LogP contribution in [0.4, 0.5) is 0 Å². The number of pyridine rings is 1. The average Bonchev–Trinajstić information content (AvgIpc) is 2.19. The minimum absolute atomic E-state index is 0.241. The number of hydrogen-bond donors (Lipinski definition) is 1. The van der Waals surface area contributed by atoms with E-state index >= 15 is 0 Å². The van der Waals surface area contributed by atoms with Crippen LogP contribution >= 0.6 is 0 Å². The van der Waals surface area contributed by atoms with Gasteiger partial charge < -0.3 is 15.2 Å². The first-order valence-corrected chi connectivity index (χ1v) is 5.29. The fourth-order valence-corrected chi connectivity index (χ4v) is 1.56. The van der Waals surface area contributed by atoms with Crippen LogP contribution in [0.3, 0.4) is 0 Å². The highest BCUT2D eigenvalue weighted by Gasteiger charge is 2.27. The molecule has 0 atom stereocenters. The second-order valence-corrected chi connectivity index (χ2v) is 3.74. The van der Waals surface area contributed by atoms with Crippen LogP contribution in [0.5, 0.6) is 11.6 Å². The summed E-state index contributed by atoms with van der Waals surface area (Å²) < 4.78 is 10.9. The molecule has 1 aliphatic carbocycles.